The lowest BCUT2D eigenvalue weighted by atomic mass is 9.96. The molecule has 1 aromatic carbocycles. The third-order valence-corrected chi connectivity index (χ3v) is 5.43. The van der Waals surface area contributed by atoms with Crippen LogP contribution in [0, 0.1) is 0 Å². The fraction of sp³-hybridized carbons (Fsp3) is 0.500. The highest BCUT2D eigenvalue weighted by molar-refractivity contribution is 6.31. The number of alkyl halides is 2. The van der Waals surface area contributed by atoms with Crippen molar-refractivity contribution in [2.75, 3.05) is 18.0 Å². The van der Waals surface area contributed by atoms with Gasteiger partial charge in [-0.3, -0.25) is 0 Å². The summed E-state index contributed by atoms with van der Waals surface area (Å²) in [5, 5.41) is 9.75. The van der Waals surface area contributed by atoms with E-state index in [9.17, 15) is 8.78 Å². The summed E-state index contributed by atoms with van der Waals surface area (Å²) in [5.41, 5.74) is 1.33. The Morgan fingerprint density at radius 2 is 1.86 bits per heavy atom. The fourth-order valence-corrected chi connectivity index (χ4v) is 3.69. The lowest BCUT2D eigenvalue weighted by Gasteiger charge is -2.21. The van der Waals surface area contributed by atoms with Crippen LogP contribution in [0.2, 0.25) is 5.02 Å². The zero-order chi connectivity index (χ0) is 21.0. The molecular weight excluding hydrogens is 398 g/mol. The maximum atomic E-state index is 13.9. The van der Waals surface area contributed by atoms with Crippen LogP contribution in [-0.4, -0.2) is 44.0 Å². The predicted octanol–water partition coefficient (Wildman–Crippen LogP) is 4.63. The first-order valence-corrected chi connectivity index (χ1v) is 9.95. The second-order valence-electron chi connectivity index (χ2n) is 8.54. The number of anilines is 1. The Bertz CT molecular complexity index is 1060. The number of benzene rings is 1. The zero-order valence-corrected chi connectivity index (χ0v) is 17.6. The van der Waals surface area contributed by atoms with Crippen LogP contribution in [0.5, 0.6) is 0 Å². The van der Waals surface area contributed by atoms with E-state index in [0.29, 0.717) is 27.8 Å². The van der Waals surface area contributed by atoms with E-state index in [1.807, 2.05) is 52.0 Å². The SMILES string of the molecule is C[C@@H](c1ccccc1Cl)n1nc2nc(C(C)(C)C)nc(N3CCC(F)(F)C3)c2n1. The van der Waals surface area contributed by atoms with Gasteiger partial charge in [0.05, 0.1) is 12.6 Å². The van der Waals surface area contributed by atoms with Gasteiger partial charge in [0.2, 0.25) is 5.65 Å². The van der Waals surface area contributed by atoms with Crippen LogP contribution in [0.15, 0.2) is 24.3 Å². The third-order valence-electron chi connectivity index (χ3n) is 5.09. The van der Waals surface area contributed by atoms with Crippen molar-refractivity contribution >= 4 is 28.6 Å². The average Bonchev–Trinajstić information content (AvgIpc) is 3.23. The minimum Gasteiger partial charge on any atom is -0.348 e. The standard InChI is InChI=1S/C20H23ClF2N6/c1-12(13-7-5-6-8-14(13)21)29-26-15-16(27-29)24-18(19(2,3)4)25-17(15)28-10-9-20(22,23)11-28/h5-8,12H,9-11H2,1-4H3/t12-/m0/s1. The van der Waals surface area contributed by atoms with Gasteiger partial charge >= 0.3 is 0 Å². The number of rotatable bonds is 3. The molecule has 3 aromatic rings. The Morgan fingerprint density at radius 3 is 2.48 bits per heavy atom. The van der Waals surface area contributed by atoms with Crippen molar-refractivity contribution in [2.45, 2.75) is 51.5 Å². The van der Waals surface area contributed by atoms with Gasteiger partial charge in [-0.1, -0.05) is 50.6 Å². The summed E-state index contributed by atoms with van der Waals surface area (Å²) >= 11 is 6.33. The van der Waals surface area contributed by atoms with E-state index in [2.05, 4.69) is 20.2 Å². The van der Waals surface area contributed by atoms with Gasteiger partial charge in [0.1, 0.15) is 5.82 Å². The summed E-state index contributed by atoms with van der Waals surface area (Å²) in [5.74, 6) is -1.78. The Labute approximate surface area is 172 Å². The first-order valence-electron chi connectivity index (χ1n) is 9.57. The summed E-state index contributed by atoms with van der Waals surface area (Å²) < 4.78 is 27.7. The Hall–Kier alpha value is -2.35. The van der Waals surface area contributed by atoms with Crippen LogP contribution >= 0.6 is 11.6 Å². The molecule has 1 aliphatic rings. The molecule has 0 radical (unpaired) electrons. The molecule has 0 bridgehead atoms. The maximum absolute atomic E-state index is 13.9. The van der Waals surface area contributed by atoms with Gasteiger partial charge in [-0.15, -0.1) is 10.2 Å². The summed E-state index contributed by atoms with van der Waals surface area (Å²) in [6.07, 6.45) is -0.201. The number of fused-ring (bicyclic) bond motifs is 1. The van der Waals surface area contributed by atoms with Crippen LogP contribution in [0.3, 0.4) is 0 Å². The highest BCUT2D eigenvalue weighted by atomic mass is 35.5. The number of aromatic nitrogens is 5. The van der Waals surface area contributed by atoms with E-state index >= 15 is 0 Å². The minimum absolute atomic E-state index is 0.201. The quantitative estimate of drug-likeness (QED) is 0.618. The highest BCUT2D eigenvalue weighted by Crippen LogP contribution is 2.34. The Morgan fingerprint density at radius 1 is 1.14 bits per heavy atom. The Balaban J connectivity index is 1.84. The molecule has 1 atom stereocenters. The number of hydrogen-bond donors (Lipinski definition) is 0. The second-order valence-corrected chi connectivity index (χ2v) is 8.95. The van der Waals surface area contributed by atoms with Gasteiger partial charge in [-0.2, -0.15) is 4.80 Å². The normalized spacial score (nSPS) is 17.8. The van der Waals surface area contributed by atoms with Crippen molar-refractivity contribution < 1.29 is 8.78 Å². The molecule has 4 rings (SSSR count). The van der Waals surface area contributed by atoms with Crippen LogP contribution in [0.1, 0.15) is 51.5 Å². The number of halogens is 3. The van der Waals surface area contributed by atoms with Gasteiger partial charge in [0, 0.05) is 23.4 Å². The average molecular weight is 421 g/mol. The van der Waals surface area contributed by atoms with E-state index in [4.69, 9.17) is 11.6 Å². The van der Waals surface area contributed by atoms with E-state index in [1.165, 1.54) is 4.80 Å². The van der Waals surface area contributed by atoms with Gasteiger partial charge < -0.3 is 4.90 Å². The first-order chi connectivity index (χ1) is 13.5. The van der Waals surface area contributed by atoms with Crippen molar-refractivity contribution in [3.63, 3.8) is 0 Å². The summed E-state index contributed by atoms with van der Waals surface area (Å²) in [6.45, 7) is 7.71. The van der Waals surface area contributed by atoms with Gasteiger partial charge in [-0.25, -0.2) is 18.7 Å². The van der Waals surface area contributed by atoms with E-state index in [-0.39, 0.29) is 31.0 Å². The molecule has 1 saturated heterocycles. The van der Waals surface area contributed by atoms with Crippen LogP contribution in [-0.2, 0) is 5.41 Å². The maximum Gasteiger partial charge on any atom is 0.266 e. The predicted molar refractivity (Wildman–Crippen MR) is 109 cm³/mol. The van der Waals surface area contributed by atoms with Crippen molar-refractivity contribution in [3.05, 3.63) is 40.7 Å². The molecule has 6 nitrogen and oxygen atoms in total. The minimum atomic E-state index is -2.74. The van der Waals surface area contributed by atoms with Crippen molar-refractivity contribution in [1.29, 1.82) is 0 Å². The molecule has 1 aliphatic heterocycles. The van der Waals surface area contributed by atoms with E-state index < -0.39 is 5.92 Å². The van der Waals surface area contributed by atoms with E-state index in [0.717, 1.165) is 5.56 Å². The smallest absolute Gasteiger partial charge is 0.266 e. The summed E-state index contributed by atoms with van der Waals surface area (Å²) in [6, 6.07) is 7.24. The molecule has 2 aromatic heterocycles. The van der Waals surface area contributed by atoms with Crippen molar-refractivity contribution in [1.82, 2.24) is 25.0 Å². The second kappa shape index (κ2) is 6.86. The van der Waals surface area contributed by atoms with Crippen LogP contribution in [0.4, 0.5) is 14.6 Å². The fourth-order valence-electron chi connectivity index (χ4n) is 3.40. The van der Waals surface area contributed by atoms with Gasteiger partial charge in [-0.05, 0) is 18.6 Å². The number of nitrogens with zero attached hydrogens (tertiary/aromatic N) is 6. The topological polar surface area (TPSA) is 59.7 Å². The molecule has 0 amide bonds. The molecule has 0 spiro atoms. The summed E-state index contributed by atoms with van der Waals surface area (Å²) in [7, 11) is 0. The zero-order valence-electron chi connectivity index (χ0n) is 16.8. The molecule has 0 unspecified atom stereocenters. The molecule has 3 heterocycles. The molecule has 154 valence electrons. The largest absolute Gasteiger partial charge is 0.348 e. The molecular formula is C20H23ClF2N6. The molecule has 0 N–H and O–H groups in total. The van der Waals surface area contributed by atoms with Crippen molar-refractivity contribution in [2.24, 2.45) is 0 Å². The highest BCUT2D eigenvalue weighted by Gasteiger charge is 2.40. The van der Waals surface area contributed by atoms with Gasteiger partial charge in [0.25, 0.3) is 5.92 Å². The van der Waals surface area contributed by atoms with Crippen LogP contribution < -0.4 is 4.90 Å². The first kappa shape index (κ1) is 19.9. The van der Waals surface area contributed by atoms with Crippen molar-refractivity contribution in [3.8, 4) is 0 Å². The lowest BCUT2D eigenvalue weighted by molar-refractivity contribution is 0.0257. The van der Waals surface area contributed by atoms with Crippen LogP contribution in [0.25, 0.3) is 11.2 Å². The molecule has 0 saturated carbocycles. The molecule has 29 heavy (non-hydrogen) atoms. The lowest BCUT2D eigenvalue weighted by Crippen LogP contribution is -2.27. The van der Waals surface area contributed by atoms with Gasteiger partial charge in [0.15, 0.2) is 11.3 Å². The molecule has 9 heteroatoms. The third kappa shape index (κ3) is 3.77. The molecule has 1 fully saturated rings. The monoisotopic (exact) mass is 420 g/mol. The Kier molecular flexibility index (Phi) is 4.72. The number of hydrogen-bond acceptors (Lipinski definition) is 5. The summed E-state index contributed by atoms with van der Waals surface area (Å²) in [4.78, 5) is 12.3. The molecule has 0 aliphatic carbocycles. The van der Waals surface area contributed by atoms with E-state index in [1.54, 1.807) is 4.90 Å².